The Hall–Kier alpha value is -0.950. The number of β-amino-alcohol motifs (C(OH)–C–C–N with tert-alkyl or cyclic N) is 1. The van der Waals surface area contributed by atoms with Gasteiger partial charge in [-0.05, 0) is 38.3 Å². The van der Waals surface area contributed by atoms with Crippen molar-refractivity contribution in [1.29, 1.82) is 0 Å². The largest absolute Gasteiger partial charge is 0.389 e. The second kappa shape index (κ2) is 8.06. The highest BCUT2D eigenvalue weighted by Crippen LogP contribution is 2.19. The monoisotopic (exact) mass is 309 g/mol. The minimum absolute atomic E-state index is 0.228. The lowest BCUT2D eigenvalue weighted by Crippen LogP contribution is -2.40. The summed E-state index contributed by atoms with van der Waals surface area (Å²) in [4.78, 5) is 2.36. The third-order valence-corrected chi connectivity index (χ3v) is 4.54. The molecule has 0 amide bonds. The number of nitrogens with zero attached hydrogens (tertiary/aromatic N) is 3. The van der Waals surface area contributed by atoms with Crippen molar-refractivity contribution in [1.82, 2.24) is 14.7 Å². The summed E-state index contributed by atoms with van der Waals surface area (Å²) in [7, 11) is 0. The fourth-order valence-electron chi connectivity index (χ4n) is 3.40. The van der Waals surface area contributed by atoms with E-state index in [-0.39, 0.29) is 6.10 Å². The van der Waals surface area contributed by atoms with Gasteiger partial charge in [0.2, 0.25) is 0 Å². The predicted octanol–water partition coefficient (Wildman–Crippen LogP) is 0.904. The second-order valence-corrected chi connectivity index (χ2v) is 6.35. The van der Waals surface area contributed by atoms with Gasteiger partial charge in [0, 0.05) is 31.6 Å². The first-order valence-corrected chi connectivity index (χ1v) is 8.40. The highest BCUT2D eigenvalue weighted by Gasteiger charge is 2.27. The fourth-order valence-corrected chi connectivity index (χ4v) is 3.40. The summed E-state index contributed by atoms with van der Waals surface area (Å²) >= 11 is 0. The maximum atomic E-state index is 10.2. The van der Waals surface area contributed by atoms with E-state index in [0.29, 0.717) is 25.8 Å². The van der Waals surface area contributed by atoms with Crippen molar-refractivity contribution < 1.29 is 14.6 Å². The van der Waals surface area contributed by atoms with Gasteiger partial charge in [0.15, 0.2) is 0 Å². The molecule has 0 saturated carbocycles. The van der Waals surface area contributed by atoms with Crippen LogP contribution in [0, 0.1) is 0 Å². The normalized spacial score (nSPS) is 27.5. The topological polar surface area (TPSA) is 59.8 Å². The predicted molar refractivity (Wildman–Crippen MR) is 82.6 cm³/mol. The number of hydrogen-bond donors (Lipinski definition) is 1. The van der Waals surface area contributed by atoms with Crippen LogP contribution in [0.15, 0.2) is 18.5 Å². The van der Waals surface area contributed by atoms with E-state index in [1.165, 1.54) is 12.8 Å². The molecule has 3 atom stereocenters. The Balaban J connectivity index is 1.37. The zero-order valence-electron chi connectivity index (χ0n) is 13.1. The Labute approximate surface area is 132 Å². The Bertz CT molecular complexity index is 420. The molecule has 0 aromatic carbocycles. The molecule has 2 fully saturated rings. The SMILES string of the molecule is O[C@H](COC[C@H]1CCCO1)CN1CCC[C@H]1Cn1cccn1. The molecule has 6 nitrogen and oxygen atoms in total. The third-order valence-electron chi connectivity index (χ3n) is 4.54. The zero-order valence-corrected chi connectivity index (χ0v) is 13.1. The van der Waals surface area contributed by atoms with E-state index in [0.717, 1.165) is 32.5 Å². The molecule has 0 bridgehead atoms. The number of aromatic nitrogens is 2. The summed E-state index contributed by atoms with van der Waals surface area (Å²) in [6.45, 7) is 4.47. The van der Waals surface area contributed by atoms with Gasteiger partial charge in [-0.15, -0.1) is 0 Å². The fraction of sp³-hybridized carbons (Fsp3) is 0.812. The number of ether oxygens (including phenoxy) is 2. The van der Waals surface area contributed by atoms with Crippen LogP contribution < -0.4 is 0 Å². The molecule has 3 heterocycles. The Morgan fingerprint density at radius 1 is 1.36 bits per heavy atom. The van der Waals surface area contributed by atoms with Crippen LogP contribution in [-0.2, 0) is 16.0 Å². The molecule has 6 heteroatoms. The van der Waals surface area contributed by atoms with Gasteiger partial charge < -0.3 is 14.6 Å². The molecule has 2 aliphatic heterocycles. The molecule has 1 aromatic heterocycles. The molecule has 124 valence electrons. The lowest BCUT2D eigenvalue weighted by atomic mass is 10.2. The summed E-state index contributed by atoms with van der Waals surface area (Å²) in [5.41, 5.74) is 0. The minimum Gasteiger partial charge on any atom is -0.389 e. The van der Waals surface area contributed by atoms with Crippen LogP contribution >= 0.6 is 0 Å². The van der Waals surface area contributed by atoms with E-state index in [9.17, 15) is 5.11 Å². The van der Waals surface area contributed by atoms with Gasteiger partial charge in [0.25, 0.3) is 0 Å². The van der Waals surface area contributed by atoms with E-state index in [1.54, 1.807) is 0 Å². The molecule has 3 rings (SSSR count). The van der Waals surface area contributed by atoms with E-state index < -0.39 is 6.10 Å². The molecule has 22 heavy (non-hydrogen) atoms. The number of aliphatic hydroxyl groups is 1. The van der Waals surface area contributed by atoms with E-state index in [2.05, 4.69) is 10.00 Å². The maximum Gasteiger partial charge on any atom is 0.0900 e. The summed E-state index contributed by atoms with van der Waals surface area (Å²) in [6.07, 6.45) is 8.17. The smallest absolute Gasteiger partial charge is 0.0900 e. The molecular formula is C16H27N3O3. The van der Waals surface area contributed by atoms with Gasteiger partial charge in [0.05, 0.1) is 32.0 Å². The van der Waals surface area contributed by atoms with Crippen molar-refractivity contribution in [3.63, 3.8) is 0 Å². The Kier molecular flexibility index (Phi) is 5.83. The van der Waals surface area contributed by atoms with Crippen LogP contribution in [0.5, 0.6) is 0 Å². The standard InChI is InChI=1S/C16H27N3O3/c20-15(12-21-13-16-5-2-9-22-16)11-18-7-1-4-14(18)10-19-8-3-6-17-19/h3,6,8,14-16,20H,1-2,4-5,7,9-13H2/t14-,15-,16+/m0/s1. The first kappa shape index (κ1) is 15.9. The number of aliphatic hydroxyl groups excluding tert-OH is 1. The van der Waals surface area contributed by atoms with Crippen molar-refractivity contribution in [2.24, 2.45) is 0 Å². The van der Waals surface area contributed by atoms with Gasteiger partial charge in [0.1, 0.15) is 0 Å². The summed E-state index contributed by atoms with van der Waals surface area (Å²) in [5.74, 6) is 0. The summed E-state index contributed by atoms with van der Waals surface area (Å²) in [5, 5.41) is 14.5. The number of rotatable bonds is 8. The van der Waals surface area contributed by atoms with Crippen molar-refractivity contribution >= 4 is 0 Å². The minimum atomic E-state index is -0.431. The average Bonchev–Trinajstić information content (AvgIpc) is 3.23. The van der Waals surface area contributed by atoms with Crippen molar-refractivity contribution in [2.45, 2.75) is 50.5 Å². The van der Waals surface area contributed by atoms with Crippen molar-refractivity contribution in [2.75, 3.05) is 32.9 Å². The molecule has 2 aliphatic rings. The molecule has 0 spiro atoms. The van der Waals surface area contributed by atoms with Crippen LogP contribution in [0.1, 0.15) is 25.7 Å². The lowest BCUT2D eigenvalue weighted by Gasteiger charge is -2.26. The highest BCUT2D eigenvalue weighted by atomic mass is 16.5. The van der Waals surface area contributed by atoms with Crippen molar-refractivity contribution in [3.8, 4) is 0 Å². The van der Waals surface area contributed by atoms with Crippen molar-refractivity contribution in [3.05, 3.63) is 18.5 Å². The van der Waals surface area contributed by atoms with Crippen LogP contribution in [0.2, 0.25) is 0 Å². The second-order valence-electron chi connectivity index (χ2n) is 6.35. The molecule has 1 aromatic rings. The van der Waals surface area contributed by atoms with Crippen LogP contribution in [0.3, 0.4) is 0 Å². The first-order chi connectivity index (χ1) is 10.8. The maximum absolute atomic E-state index is 10.2. The zero-order chi connectivity index (χ0) is 15.2. The van der Waals surface area contributed by atoms with Gasteiger partial charge in [-0.25, -0.2) is 0 Å². The van der Waals surface area contributed by atoms with E-state index in [4.69, 9.17) is 9.47 Å². The van der Waals surface area contributed by atoms with E-state index >= 15 is 0 Å². The van der Waals surface area contributed by atoms with E-state index in [1.807, 2.05) is 23.1 Å². The Morgan fingerprint density at radius 2 is 2.32 bits per heavy atom. The molecular weight excluding hydrogens is 282 g/mol. The quantitative estimate of drug-likeness (QED) is 0.773. The molecule has 2 saturated heterocycles. The lowest BCUT2D eigenvalue weighted by molar-refractivity contribution is -0.0265. The van der Waals surface area contributed by atoms with Crippen LogP contribution in [0.4, 0.5) is 0 Å². The third kappa shape index (κ3) is 4.52. The van der Waals surface area contributed by atoms with Crippen LogP contribution in [-0.4, -0.2) is 70.9 Å². The Morgan fingerprint density at radius 3 is 3.09 bits per heavy atom. The molecule has 0 unspecified atom stereocenters. The molecule has 0 radical (unpaired) electrons. The van der Waals surface area contributed by atoms with Gasteiger partial charge in [-0.3, -0.25) is 9.58 Å². The van der Waals surface area contributed by atoms with Crippen LogP contribution in [0.25, 0.3) is 0 Å². The summed E-state index contributed by atoms with van der Waals surface area (Å²) < 4.78 is 13.1. The number of hydrogen-bond acceptors (Lipinski definition) is 5. The van der Waals surface area contributed by atoms with Gasteiger partial charge >= 0.3 is 0 Å². The van der Waals surface area contributed by atoms with Gasteiger partial charge in [-0.1, -0.05) is 0 Å². The highest BCUT2D eigenvalue weighted by molar-refractivity contribution is 4.84. The molecule has 1 N–H and O–H groups in total. The number of likely N-dealkylation sites (tertiary alicyclic amines) is 1. The molecule has 0 aliphatic carbocycles. The summed E-state index contributed by atoms with van der Waals surface area (Å²) in [6, 6.07) is 2.42. The average molecular weight is 309 g/mol. The first-order valence-electron chi connectivity index (χ1n) is 8.40. The van der Waals surface area contributed by atoms with Gasteiger partial charge in [-0.2, -0.15) is 5.10 Å².